The summed E-state index contributed by atoms with van der Waals surface area (Å²) in [6, 6.07) is 14.9. The van der Waals surface area contributed by atoms with E-state index >= 15 is 0 Å². The van der Waals surface area contributed by atoms with Gasteiger partial charge in [-0.2, -0.15) is 0 Å². The number of amides is 2. The number of piperidine rings is 1. The van der Waals surface area contributed by atoms with Crippen LogP contribution in [0.25, 0.3) is 5.65 Å². The van der Waals surface area contributed by atoms with Gasteiger partial charge in [0.25, 0.3) is 5.91 Å². The zero-order valence-corrected chi connectivity index (χ0v) is 25.9. The van der Waals surface area contributed by atoms with Crippen molar-refractivity contribution in [2.75, 3.05) is 33.9 Å². The lowest BCUT2D eigenvalue weighted by Gasteiger charge is -2.38. The number of nitrogens with zero attached hydrogens (tertiary/aromatic N) is 3. The fraction of sp³-hybridized carbons (Fsp3) is 0.382. The average molecular weight is 614 g/mol. The molecule has 3 aliphatic rings. The molecule has 4 aromatic rings. The molecule has 7 rings (SSSR count). The highest BCUT2D eigenvalue weighted by Crippen LogP contribution is 2.30. The molecule has 11 heteroatoms. The number of carbonyl (C=O) groups is 2. The van der Waals surface area contributed by atoms with Gasteiger partial charge in [0.2, 0.25) is 5.91 Å². The number of nitrogens with one attached hydrogen (secondary N) is 2. The van der Waals surface area contributed by atoms with E-state index in [2.05, 4.69) is 40.9 Å². The van der Waals surface area contributed by atoms with Crippen molar-refractivity contribution in [1.29, 1.82) is 0 Å². The van der Waals surface area contributed by atoms with Crippen LogP contribution in [0.1, 0.15) is 35.2 Å². The maximum atomic E-state index is 13.3. The molecule has 2 aromatic heterocycles. The first-order valence-electron chi connectivity index (χ1n) is 15.2. The summed E-state index contributed by atoms with van der Waals surface area (Å²) in [5.74, 6) is 1.87. The molecule has 0 spiro atoms. The van der Waals surface area contributed by atoms with Gasteiger partial charge in [-0.1, -0.05) is 12.1 Å². The molecule has 2 N–H and O–H groups in total. The molecule has 0 radical (unpaired) electrons. The number of rotatable bonds is 4. The summed E-state index contributed by atoms with van der Waals surface area (Å²) >= 11 is 0. The number of hydrogen-bond acceptors (Lipinski definition) is 8. The highest BCUT2D eigenvalue weighted by Gasteiger charge is 2.33. The van der Waals surface area contributed by atoms with E-state index in [4.69, 9.17) is 23.9 Å². The molecular weight excluding hydrogens is 574 g/mol. The zero-order valence-electron chi connectivity index (χ0n) is 25.9. The second-order valence-electron chi connectivity index (χ2n) is 11.6. The molecule has 3 aliphatic heterocycles. The number of hydrogen-bond donors (Lipinski definition) is 2. The number of carbonyl (C=O) groups excluding carboxylic acids is 2. The molecule has 4 bridgehead atoms. The highest BCUT2D eigenvalue weighted by molar-refractivity contribution is 5.78. The molecule has 236 valence electrons. The van der Waals surface area contributed by atoms with Crippen LogP contribution in [0.3, 0.4) is 0 Å². The van der Waals surface area contributed by atoms with Gasteiger partial charge in [-0.15, -0.1) is 0 Å². The fourth-order valence-corrected chi connectivity index (χ4v) is 5.92. The van der Waals surface area contributed by atoms with E-state index in [0.29, 0.717) is 61.9 Å². The molecular formula is C34H39N5O6. The van der Waals surface area contributed by atoms with E-state index in [1.165, 1.54) is 5.56 Å². The van der Waals surface area contributed by atoms with Crippen molar-refractivity contribution in [1.82, 2.24) is 24.9 Å². The van der Waals surface area contributed by atoms with Crippen molar-refractivity contribution >= 4 is 17.5 Å². The van der Waals surface area contributed by atoms with Crippen LogP contribution in [0, 0.1) is 6.92 Å². The standard InChI is InChI=1S/C34H39N5O6/c1-22-4-10-32-36-25(19-39(32)17-22)18-38-13-12-28-27(20-38)37-34(41)21-44-31-14-23(5-9-29(31)42-2)6-11-33(40)35-16-24-7-8-26(45-28)15-30(24)43-3/h4-5,7-10,14-15,17,19,27-28H,6,11-13,16,18,20-21H2,1-3H3,(H,35,40)(H,37,41)/t27-,28+/m1/s1. The summed E-state index contributed by atoms with van der Waals surface area (Å²) in [6.07, 6.45) is 5.33. The third-order valence-electron chi connectivity index (χ3n) is 8.26. The highest BCUT2D eigenvalue weighted by atomic mass is 16.5. The van der Waals surface area contributed by atoms with E-state index in [0.717, 1.165) is 29.0 Å². The summed E-state index contributed by atoms with van der Waals surface area (Å²) in [7, 11) is 3.16. The van der Waals surface area contributed by atoms with Crippen molar-refractivity contribution in [3.05, 3.63) is 83.3 Å². The van der Waals surface area contributed by atoms with Crippen LogP contribution in [0.4, 0.5) is 0 Å². The van der Waals surface area contributed by atoms with Crippen LogP contribution in [0.5, 0.6) is 23.0 Å². The third-order valence-corrected chi connectivity index (χ3v) is 8.26. The van der Waals surface area contributed by atoms with E-state index in [-0.39, 0.29) is 30.6 Å². The number of aryl methyl sites for hydroxylation is 2. The molecule has 2 amide bonds. The second kappa shape index (κ2) is 13.5. The molecule has 1 saturated heterocycles. The number of likely N-dealkylation sites (tertiary alicyclic amines) is 1. The number of ether oxygens (including phenoxy) is 4. The van der Waals surface area contributed by atoms with Crippen molar-refractivity contribution < 1.29 is 28.5 Å². The van der Waals surface area contributed by atoms with Gasteiger partial charge in [-0.25, -0.2) is 4.98 Å². The molecule has 0 saturated carbocycles. The van der Waals surface area contributed by atoms with Crippen molar-refractivity contribution in [2.45, 2.75) is 51.4 Å². The summed E-state index contributed by atoms with van der Waals surface area (Å²) < 4.78 is 25.6. The number of pyridine rings is 1. The van der Waals surface area contributed by atoms with Crippen molar-refractivity contribution in [2.24, 2.45) is 0 Å². The summed E-state index contributed by atoms with van der Waals surface area (Å²) in [5.41, 5.74) is 4.78. The van der Waals surface area contributed by atoms with Gasteiger partial charge >= 0.3 is 0 Å². The Morgan fingerprint density at radius 3 is 2.69 bits per heavy atom. The largest absolute Gasteiger partial charge is 0.496 e. The lowest BCUT2D eigenvalue weighted by molar-refractivity contribution is -0.125. The number of methoxy groups -OCH3 is 2. The summed E-state index contributed by atoms with van der Waals surface area (Å²) in [5, 5.41) is 6.15. The van der Waals surface area contributed by atoms with Crippen LogP contribution in [0.2, 0.25) is 0 Å². The Balaban J connectivity index is 1.25. The maximum Gasteiger partial charge on any atom is 0.258 e. The molecule has 2 atom stereocenters. The smallest absolute Gasteiger partial charge is 0.258 e. The third kappa shape index (κ3) is 7.31. The van der Waals surface area contributed by atoms with E-state index in [9.17, 15) is 9.59 Å². The SMILES string of the molecule is COc1cc2ccc1CNC(=O)CCc1ccc(OC)c(c1)OCC(=O)N[C@@H]1CN(Cc3cn4cc(C)ccc4n3)CC[C@@H]1O2. The summed E-state index contributed by atoms with van der Waals surface area (Å²) in [4.78, 5) is 33.0. The number of aromatic nitrogens is 2. The maximum absolute atomic E-state index is 13.3. The Hall–Kier alpha value is -4.77. The minimum Gasteiger partial charge on any atom is -0.496 e. The monoisotopic (exact) mass is 613 g/mol. The Morgan fingerprint density at radius 2 is 1.84 bits per heavy atom. The quantitative estimate of drug-likeness (QED) is 0.360. The van der Waals surface area contributed by atoms with Crippen LogP contribution in [-0.2, 0) is 29.1 Å². The first-order chi connectivity index (χ1) is 21.9. The Labute approximate surface area is 262 Å². The van der Waals surface area contributed by atoms with Crippen LogP contribution >= 0.6 is 0 Å². The van der Waals surface area contributed by atoms with E-state index in [1.807, 2.05) is 40.8 Å². The zero-order chi connectivity index (χ0) is 31.3. The first kappa shape index (κ1) is 30.3. The van der Waals surface area contributed by atoms with E-state index < -0.39 is 0 Å². The van der Waals surface area contributed by atoms with Gasteiger partial charge in [0.1, 0.15) is 23.3 Å². The van der Waals surface area contributed by atoms with Gasteiger partial charge < -0.3 is 34.0 Å². The minimum atomic E-state index is -0.311. The molecule has 11 nitrogen and oxygen atoms in total. The summed E-state index contributed by atoms with van der Waals surface area (Å²) in [6.45, 7) is 4.19. The number of benzene rings is 2. The Bertz CT molecular complexity index is 1690. The average Bonchev–Trinajstić information content (AvgIpc) is 3.44. The molecule has 0 aliphatic carbocycles. The van der Waals surface area contributed by atoms with E-state index in [1.54, 1.807) is 20.3 Å². The lowest BCUT2D eigenvalue weighted by atomic mass is 10.0. The number of fused-ring (bicyclic) bond motifs is 10. The lowest BCUT2D eigenvalue weighted by Crippen LogP contribution is -2.57. The topological polar surface area (TPSA) is 116 Å². The second-order valence-corrected chi connectivity index (χ2v) is 11.6. The van der Waals surface area contributed by atoms with Gasteiger partial charge in [-0.3, -0.25) is 14.5 Å². The minimum absolute atomic E-state index is 0.0821. The fourth-order valence-electron chi connectivity index (χ4n) is 5.92. The van der Waals surface area contributed by atoms with Gasteiger partial charge in [0.05, 0.1) is 26.0 Å². The molecule has 2 aromatic carbocycles. The molecule has 45 heavy (non-hydrogen) atoms. The first-order valence-corrected chi connectivity index (χ1v) is 15.2. The predicted molar refractivity (Wildman–Crippen MR) is 168 cm³/mol. The van der Waals surface area contributed by atoms with Gasteiger partial charge in [-0.05, 0) is 61.2 Å². The van der Waals surface area contributed by atoms with Crippen LogP contribution in [0.15, 0.2) is 60.9 Å². The van der Waals surface area contributed by atoms with Crippen LogP contribution in [-0.4, -0.2) is 72.2 Å². The predicted octanol–water partition coefficient (Wildman–Crippen LogP) is 3.44. The van der Waals surface area contributed by atoms with Gasteiger partial charge in [0.15, 0.2) is 18.1 Å². The molecule has 5 heterocycles. The van der Waals surface area contributed by atoms with Crippen LogP contribution < -0.4 is 29.6 Å². The van der Waals surface area contributed by atoms with Gasteiger partial charge in [0, 0.05) is 56.6 Å². The molecule has 1 fully saturated rings. The Kier molecular flexibility index (Phi) is 9.06. The normalized spacial score (nSPS) is 19.6. The van der Waals surface area contributed by atoms with Crippen molar-refractivity contribution in [3.63, 3.8) is 0 Å². The Morgan fingerprint density at radius 1 is 0.978 bits per heavy atom. The molecule has 0 unspecified atom stereocenters. The van der Waals surface area contributed by atoms with Crippen molar-refractivity contribution in [3.8, 4) is 23.0 Å². The number of imidazole rings is 1.